The third-order valence-corrected chi connectivity index (χ3v) is 1.16. The van der Waals surface area contributed by atoms with Crippen LogP contribution in [0, 0.1) is 0 Å². The molecule has 10 heavy (non-hydrogen) atoms. The van der Waals surface area contributed by atoms with Crippen LogP contribution in [0.25, 0.3) is 0 Å². The zero-order valence-corrected chi connectivity index (χ0v) is 5.89. The van der Waals surface area contributed by atoms with Gasteiger partial charge >= 0.3 is 0 Å². The van der Waals surface area contributed by atoms with E-state index >= 15 is 0 Å². The Hall–Kier alpha value is -1.26. The van der Waals surface area contributed by atoms with Gasteiger partial charge < -0.3 is 11.1 Å². The molecular weight excluding hydrogens is 130 g/mol. The van der Waals surface area contributed by atoms with Crippen molar-refractivity contribution < 1.29 is 0 Å². The van der Waals surface area contributed by atoms with Crippen molar-refractivity contribution in [1.82, 2.24) is 10.6 Å². The first-order valence-corrected chi connectivity index (χ1v) is 3.10. The van der Waals surface area contributed by atoms with Crippen molar-refractivity contribution in [2.24, 2.45) is 15.7 Å². The smallest absolute Gasteiger partial charge is 0.198 e. The maximum absolute atomic E-state index is 5.37. The molecule has 1 aliphatic rings. The molecule has 1 aliphatic heterocycles. The van der Waals surface area contributed by atoms with Crippen molar-refractivity contribution >= 4 is 11.9 Å². The van der Waals surface area contributed by atoms with Gasteiger partial charge in [-0.2, -0.15) is 0 Å². The fourth-order valence-corrected chi connectivity index (χ4v) is 0.659. The number of nitrogens with two attached hydrogens (primary N) is 1. The van der Waals surface area contributed by atoms with Crippen molar-refractivity contribution in [3.63, 3.8) is 0 Å². The van der Waals surface area contributed by atoms with E-state index in [0.717, 1.165) is 13.1 Å². The summed E-state index contributed by atoms with van der Waals surface area (Å²) in [5.74, 6) is 1.09. The largest absolute Gasteiger partial charge is 0.370 e. The monoisotopic (exact) mass is 141 g/mol. The summed E-state index contributed by atoms with van der Waals surface area (Å²) in [6.45, 7) is 1.68. The minimum Gasteiger partial charge on any atom is -0.370 e. The van der Waals surface area contributed by atoms with E-state index < -0.39 is 0 Å². The molecule has 0 spiro atoms. The van der Waals surface area contributed by atoms with E-state index in [9.17, 15) is 0 Å². The Bertz CT molecular complexity index is 171. The van der Waals surface area contributed by atoms with Crippen molar-refractivity contribution in [1.29, 1.82) is 0 Å². The van der Waals surface area contributed by atoms with E-state index in [2.05, 4.69) is 20.6 Å². The zero-order chi connectivity index (χ0) is 7.40. The number of hydrogen-bond acceptors (Lipinski definition) is 3. The molecule has 0 saturated heterocycles. The highest BCUT2D eigenvalue weighted by molar-refractivity contribution is 5.98. The molecular formula is C5H11N5. The summed E-state index contributed by atoms with van der Waals surface area (Å²) < 4.78 is 0. The first-order valence-electron chi connectivity index (χ1n) is 3.10. The van der Waals surface area contributed by atoms with Crippen molar-refractivity contribution in [2.45, 2.75) is 0 Å². The molecule has 0 aliphatic carbocycles. The van der Waals surface area contributed by atoms with Gasteiger partial charge in [-0.15, -0.1) is 0 Å². The minimum absolute atomic E-state index is 0.383. The molecule has 0 unspecified atom stereocenters. The molecule has 4 N–H and O–H groups in total. The van der Waals surface area contributed by atoms with E-state index in [1.807, 2.05) is 0 Å². The molecule has 0 saturated carbocycles. The molecule has 0 amide bonds. The number of nitrogens with zero attached hydrogens (tertiary/aromatic N) is 2. The molecule has 1 rings (SSSR count). The fraction of sp³-hybridized carbons (Fsp3) is 0.600. The molecule has 0 aromatic heterocycles. The van der Waals surface area contributed by atoms with E-state index in [0.29, 0.717) is 11.9 Å². The van der Waals surface area contributed by atoms with Gasteiger partial charge in [-0.1, -0.05) is 0 Å². The second-order valence-corrected chi connectivity index (χ2v) is 1.89. The first kappa shape index (κ1) is 6.85. The predicted molar refractivity (Wildman–Crippen MR) is 41.0 cm³/mol. The first-order chi connectivity index (χ1) is 4.83. The molecule has 1 heterocycles. The summed E-state index contributed by atoms with van der Waals surface area (Å²) >= 11 is 0. The third-order valence-electron chi connectivity index (χ3n) is 1.16. The van der Waals surface area contributed by atoms with Crippen LogP contribution in [0.15, 0.2) is 9.98 Å². The van der Waals surface area contributed by atoms with E-state index in [4.69, 9.17) is 5.73 Å². The Morgan fingerprint density at radius 3 is 3.20 bits per heavy atom. The van der Waals surface area contributed by atoms with E-state index in [-0.39, 0.29) is 0 Å². The van der Waals surface area contributed by atoms with Crippen LogP contribution in [0.5, 0.6) is 0 Å². The number of hydrogen-bond donors (Lipinski definition) is 3. The fourth-order valence-electron chi connectivity index (χ4n) is 0.659. The van der Waals surface area contributed by atoms with Gasteiger partial charge in [0.1, 0.15) is 0 Å². The van der Waals surface area contributed by atoms with Gasteiger partial charge in [-0.25, -0.2) is 0 Å². The summed E-state index contributed by atoms with van der Waals surface area (Å²) in [4.78, 5) is 7.77. The van der Waals surface area contributed by atoms with Crippen molar-refractivity contribution in [3.05, 3.63) is 0 Å². The van der Waals surface area contributed by atoms with Gasteiger partial charge in [0.05, 0.1) is 6.54 Å². The summed E-state index contributed by atoms with van der Waals surface area (Å²) in [7, 11) is 1.62. The van der Waals surface area contributed by atoms with Gasteiger partial charge in [0, 0.05) is 13.6 Å². The Balaban J connectivity index is 2.38. The highest BCUT2D eigenvalue weighted by atomic mass is 15.3. The molecule has 0 radical (unpaired) electrons. The van der Waals surface area contributed by atoms with Crippen molar-refractivity contribution in [3.8, 4) is 0 Å². The van der Waals surface area contributed by atoms with Crippen molar-refractivity contribution in [2.75, 3.05) is 20.1 Å². The second kappa shape index (κ2) is 3.05. The zero-order valence-electron chi connectivity index (χ0n) is 5.89. The normalized spacial score (nSPS) is 18.1. The summed E-state index contributed by atoms with van der Waals surface area (Å²) in [6, 6.07) is 0. The van der Waals surface area contributed by atoms with Crippen LogP contribution in [0.1, 0.15) is 0 Å². The van der Waals surface area contributed by atoms with Crippen LogP contribution in [0.3, 0.4) is 0 Å². The quantitative estimate of drug-likeness (QED) is 0.283. The van der Waals surface area contributed by atoms with Crippen LogP contribution in [-0.4, -0.2) is 32.1 Å². The standard InChI is InChI=1S/C5H11N5/c1-7-4(6)10-5-8-2-3-9-5/h2-3H2,1H3,(H4,6,7,8,9,10). The van der Waals surface area contributed by atoms with Gasteiger partial charge in [0.25, 0.3) is 0 Å². The lowest BCUT2D eigenvalue weighted by Gasteiger charge is -2.02. The summed E-state index contributed by atoms with van der Waals surface area (Å²) in [5, 5.41) is 5.80. The SMILES string of the molecule is CN=C(N)NC1=NCCN1. The van der Waals surface area contributed by atoms with Gasteiger partial charge in [-0.05, 0) is 0 Å². The molecule has 0 aromatic carbocycles. The Morgan fingerprint density at radius 1 is 1.90 bits per heavy atom. The second-order valence-electron chi connectivity index (χ2n) is 1.89. The maximum Gasteiger partial charge on any atom is 0.198 e. The average molecular weight is 141 g/mol. The Kier molecular flexibility index (Phi) is 2.09. The molecule has 0 bridgehead atoms. The summed E-state index contributed by atoms with van der Waals surface area (Å²) in [6.07, 6.45) is 0. The lowest BCUT2D eigenvalue weighted by molar-refractivity contribution is 0.950. The summed E-state index contributed by atoms with van der Waals surface area (Å²) in [5.41, 5.74) is 5.37. The van der Waals surface area contributed by atoms with Gasteiger partial charge in [-0.3, -0.25) is 15.3 Å². The van der Waals surface area contributed by atoms with Gasteiger partial charge in [0.2, 0.25) is 0 Å². The molecule has 0 atom stereocenters. The molecule has 0 aromatic rings. The van der Waals surface area contributed by atoms with Crippen LogP contribution in [0.2, 0.25) is 0 Å². The highest BCUT2D eigenvalue weighted by Crippen LogP contribution is 1.79. The Labute approximate surface area is 59.4 Å². The molecule has 5 nitrogen and oxygen atoms in total. The minimum atomic E-state index is 0.383. The average Bonchev–Trinajstić information content (AvgIpc) is 2.40. The molecule has 5 heteroatoms. The topological polar surface area (TPSA) is 74.8 Å². The number of aliphatic imine (C=N–C) groups is 2. The third kappa shape index (κ3) is 1.61. The lowest BCUT2D eigenvalue weighted by Crippen LogP contribution is -2.42. The molecule has 56 valence electrons. The van der Waals surface area contributed by atoms with E-state index in [1.54, 1.807) is 7.05 Å². The Morgan fingerprint density at radius 2 is 2.70 bits per heavy atom. The van der Waals surface area contributed by atoms with Crippen LogP contribution >= 0.6 is 0 Å². The van der Waals surface area contributed by atoms with Crippen LogP contribution < -0.4 is 16.4 Å². The number of guanidine groups is 2. The van der Waals surface area contributed by atoms with Gasteiger partial charge in [0.15, 0.2) is 11.9 Å². The highest BCUT2D eigenvalue weighted by Gasteiger charge is 2.03. The van der Waals surface area contributed by atoms with Crippen LogP contribution in [-0.2, 0) is 0 Å². The lowest BCUT2D eigenvalue weighted by atomic mass is 10.7. The number of nitrogens with one attached hydrogen (secondary N) is 2. The predicted octanol–water partition coefficient (Wildman–Crippen LogP) is -1.52. The van der Waals surface area contributed by atoms with E-state index in [1.165, 1.54) is 0 Å². The van der Waals surface area contributed by atoms with Crippen LogP contribution in [0.4, 0.5) is 0 Å². The number of rotatable bonds is 0. The molecule has 0 fully saturated rings. The maximum atomic E-state index is 5.37.